The number of halogens is 1. The van der Waals surface area contributed by atoms with Crippen molar-refractivity contribution in [3.63, 3.8) is 0 Å². The van der Waals surface area contributed by atoms with Crippen LogP contribution in [0, 0.1) is 12.3 Å². The number of aromatic nitrogens is 1. The maximum atomic E-state index is 12.6. The normalized spacial score (nSPS) is 12.6. The molecule has 0 aliphatic carbocycles. The van der Waals surface area contributed by atoms with Crippen molar-refractivity contribution in [1.29, 1.82) is 0 Å². The molecule has 0 spiro atoms. The number of aryl methyl sites for hydroxylation is 1. The number of unbranched alkanes of at least 4 members (excludes halogenated alkanes) is 1. The van der Waals surface area contributed by atoms with E-state index in [9.17, 15) is 8.42 Å². The van der Waals surface area contributed by atoms with E-state index < -0.39 is 10.0 Å². The van der Waals surface area contributed by atoms with Gasteiger partial charge in [0.1, 0.15) is 4.21 Å². The maximum Gasteiger partial charge on any atom is 0.294 e. The van der Waals surface area contributed by atoms with Gasteiger partial charge in [0.15, 0.2) is 0 Å². The number of hydrogen-bond donors (Lipinski definition) is 0. The van der Waals surface area contributed by atoms with E-state index in [-0.39, 0.29) is 10.8 Å². The van der Waals surface area contributed by atoms with Gasteiger partial charge >= 0.3 is 0 Å². The fourth-order valence-electron chi connectivity index (χ4n) is 2.55. The number of rotatable bonds is 6. The third-order valence-electron chi connectivity index (χ3n) is 3.82. The van der Waals surface area contributed by atoms with Crippen LogP contribution in [0.3, 0.4) is 0 Å². The number of thiazole rings is 1. The van der Waals surface area contributed by atoms with Gasteiger partial charge in [-0.25, -0.2) is 0 Å². The predicted octanol–water partition coefficient (Wildman–Crippen LogP) is 4.68. The van der Waals surface area contributed by atoms with E-state index in [1.807, 2.05) is 6.07 Å². The van der Waals surface area contributed by atoms with Crippen LogP contribution < -0.4 is 4.80 Å². The lowest BCUT2D eigenvalue weighted by Gasteiger charge is -2.02. The van der Waals surface area contributed by atoms with Gasteiger partial charge < -0.3 is 4.57 Å². The summed E-state index contributed by atoms with van der Waals surface area (Å²) in [6.07, 6.45) is 8.72. The van der Waals surface area contributed by atoms with Crippen LogP contribution >= 0.6 is 34.3 Å². The lowest BCUT2D eigenvalue weighted by Crippen LogP contribution is -2.16. The van der Waals surface area contributed by atoms with Crippen LogP contribution in [-0.2, 0) is 23.0 Å². The summed E-state index contributed by atoms with van der Waals surface area (Å²) in [4.78, 5) is 0.370. The number of nitrogens with zero attached hydrogens (tertiary/aromatic N) is 2. The molecule has 0 unspecified atom stereocenters. The van der Waals surface area contributed by atoms with Crippen molar-refractivity contribution in [2.75, 3.05) is 0 Å². The number of thiophene rings is 1. The second-order valence-corrected chi connectivity index (χ2v) is 10.3. The molecule has 0 atom stereocenters. The van der Waals surface area contributed by atoms with Crippen LogP contribution in [0.5, 0.6) is 0 Å². The van der Waals surface area contributed by atoms with Gasteiger partial charge in [0.05, 0.1) is 21.1 Å². The highest BCUT2D eigenvalue weighted by Crippen LogP contribution is 2.27. The van der Waals surface area contributed by atoms with Crippen molar-refractivity contribution in [1.82, 2.24) is 4.57 Å². The molecular formula is C18H17ClN2O2S3. The zero-order valence-corrected chi connectivity index (χ0v) is 17.3. The fraction of sp³-hybridized carbons (Fsp3) is 0.278. The Hall–Kier alpha value is -1.59. The lowest BCUT2D eigenvalue weighted by molar-refractivity contribution is 0.598. The Morgan fingerprint density at radius 3 is 2.73 bits per heavy atom. The summed E-state index contributed by atoms with van der Waals surface area (Å²) in [5.41, 5.74) is 2.12. The molecule has 4 nitrogen and oxygen atoms in total. The Labute approximate surface area is 165 Å². The smallest absolute Gasteiger partial charge is 0.294 e. The molecule has 2 aromatic heterocycles. The van der Waals surface area contributed by atoms with Gasteiger partial charge in [-0.2, -0.15) is 8.42 Å². The molecule has 0 saturated heterocycles. The topological polar surface area (TPSA) is 51.4 Å². The van der Waals surface area contributed by atoms with Crippen LogP contribution in [0.4, 0.5) is 0 Å². The van der Waals surface area contributed by atoms with Gasteiger partial charge in [-0.1, -0.05) is 48.3 Å². The summed E-state index contributed by atoms with van der Waals surface area (Å²) in [6.45, 7) is 2.41. The average molecular weight is 425 g/mol. The molecular weight excluding hydrogens is 408 g/mol. The number of fused-ring (bicyclic) bond motifs is 1. The van der Waals surface area contributed by atoms with E-state index in [0.29, 0.717) is 9.14 Å². The van der Waals surface area contributed by atoms with Gasteiger partial charge in [0.25, 0.3) is 10.0 Å². The minimum Gasteiger partial charge on any atom is -0.304 e. The highest BCUT2D eigenvalue weighted by Gasteiger charge is 2.17. The molecule has 0 radical (unpaired) electrons. The second kappa shape index (κ2) is 7.97. The minimum absolute atomic E-state index is 0.121. The Morgan fingerprint density at radius 2 is 2.08 bits per heavy atom. The van der Waals surface area contributed by atoms with Crippen molar-refractivity contribution in [3.8, 4) is 12.3 Å². The van der Waals surface area contributed by atoms with E-state index in [0.717, 1.165) is 40.8 Å². The monoisotopic (exact) mass is 424 g/mol. The summed E-state index contributed by atoms with van der Waals surface area (Å²) < 4.78 is 32.5. The van der Waals surface area contributed by atoms with Crippen molar-refractivity contribution < 1.29 is 8.42 Å². The first-order valence-electron chi connectivity index (χ1n) is 8.06. The molecule has 0 N–H and O–H groups in total. The van der Waals surface area contributed by atoms with E-state index in [2.05, 4.69) is 29.4 Å². The highest BCUT2D eigenvalue weighted by molar-refractivity contribution is 7.92. The third-order valence-corrected chi connectivity index (χ3v) is 7.94. The molecule has 8 heteroatoms. The number of hydrogen-bond acceptors (Lipinski definition) is 4. The van der Waals surface area contributed by atoms with Crippen LogP contribution in [0.2, 0.25) is 4.34 Å². The summed E-state index contributed by atoms with van der Waals surface area (Å²) in [6, 6.07) is 9.16. The lowest BCUT2D eigenvalue weighted by atomic mass is 10.1. The molecule has 0 bridgehead atoms. The first-order valence-corrected chi connectivity index (χ1v) is 11.5. The van der Waals surface area contributed by atoms with Crippen LogP contribution in [-0.4, -0.2) is 13.0 Å². The van der Waals surface area contributed by atoms with Crippen molar-refractivity contribution >= 4 is 54.5 Å². The minimum atomic E-state index is -3.83. The molecule has 0 fully saturated rings. The van der Waals surface area contributed by atoms with Crippen LogP contribution in [0.15, 0.2) is 38.9 Å². The van der Waals surface area contributed by atoms with Crippen molar-refractivity contribution in [3.05, 3.63) is 45.0 Å². The molecule has 0 aliphatic heterocycles. The first-order chi connectivity index (χ1) is 12.4. The Morgan fingerprint density at radius 1 is 1.27 bits per heavy atom. The Bertz CT molecular complexity index is 1150. The van der Waals surface area contributed by atoms with Crippen molar-refractivity contribution in [2.24, 2.45) is 4.40 Å². The summed E-state index contributed by atoms with van der Waals surface area (Å²) in [7, 11) is -3.83. The molecule has 136 valence electrons. The maximum absolute atomic E-state index is 12.6. The molecule has 2 heterocycles. The van der Waals surface area contributed by atoms with Crippen LogP contribution in [0.25, 0.3) is 10.2 Å². The summed E-state index contributed by atoms with van der Waals surface area (Å²) >= 11 is 8.18. The molecule has 1 aromatic carbocycles. The first kappa shape index (κ1) is 19.2. The molecule has 26 heavy (non-hydrogen) atoms. The second-order valence-electron chi connectivity index (χ2n) is 5.71. The fourth-order valence-corrected chi connectivity index (χ4v) is 6.31. The third kappa shape index (κ3) is 4.04. The van der Waals surface area contributed by atoms with Gasteiger partial charge in [0, 0.05) is 0 Å². The van der Waals surface area contributed by atoms with Gasteiger partial charge in [-0.3, -0.25) is 0 Å². The average Bonchev–Trinajstić information content (AvgIpc) is 3.17. The number of terminal acetylenes is 1. The summed E-state index contributed by atoms with van der Waals surface area (Å²) in [5, 5.41) is 0. The largest absolute Gasteiger partial charge is 0.304 e. The van der Waals surface area contributed by atoms with Gasteiger partial charge in [-0.15, -0.1) is 22.2 Å². The van der Waals surface area contributed by atoms with E-state index in [4.69, 9.17) is 18.0 Å². The predicted molar refractivity (Wildman–Crippen MR) is 109 cm³/mol. The summed E-state index contributed by atoms with van der Waals surface area (Å²) in [5.74, 6) is 2.58. The molecule has 0 saturated carbocycles. The van der Waals surface area contributed by atoms with Crippen molar-refractivity contribution in [2.45, 2.75) is 36.9 Å². The van der Waals surface area contributed by atoms with Crippen LogP contribution in [0.1, 0.15) is 25.3 Å². The quantitative estimate of drug-likeness (QED) is 0.539. The Balaban J connectivity index is 2.15. The molecule has 3 aromatic rings. The highest BCUT2D eigenvalue weighted by atomic mass is 35.5. The number of benzene rings is 1. The zero-order chi connectivity index (χ0) is 18.7. The molecule has 0 aliphatic rings. The standard InChI is InChI=1S/C18H17ClN2O2S3/c1-3-5-6-13-7-8-14-15(12-13)24-18(21(14)11-4-2)20-26(22,23)17-10-9-16(19)25-17/h2,7-10,12H,3,5-6,11H2,1H3/b20-18-. The van der Waals surface area contributed by atoms with E-state index in [1.54, 1.807) is 10.6 Å². The zero-order valence-electron chi connectivity index (χ0n) is 14.1. The van der Waals surface area contributed by atoms with E-state index in [1.165, 1.54) is 23.0 Å². The van der Waals surface area contributed by atoms with E-state index >= 15 is 0 Å². The number of sulfonamides is 1. The molecule has 3 rings (SSSR count). The van der Waals surface area contributed by atoms with Gasteiger partial charge in [-0.05, 0) is 42.7 Å². The SMILES string of the molecule is C#CCn1/c(=N/S(=O)(=O)c2ccc(Cl)s2)sc2cc(CCCC)ccc21. The van der Waals surface area contributed by atoms with Gasteiger partial charge in [0.2, 0.25) is 4.80 Å². The molecule has 0 amide bonds. The Kier molecular flexibility index (Phi) is 5.88.